The van der Waals surface area contributed by atoms with Gasteiger partial charge in [-0.1, -0.05) is 0 Å². The maximum absolute atomic E-state index is 12.0. The van der Waals surface area contributed by atoms with Crippen LogP contribution >= 0.6 is 0 Å². The monoisotopic (exact) mass is 258 g/mol. The Balaban J connectivity index is 2.13. The van der Waals surface area contributed by atoms with Gasteiger partial charge in [-0.2, -0.15) is 0 Å². The number of hydrogen-bond acceptors (Lipinski definition) is 3. The second-order valence-corrected chi connectivity index (χ2v) is 5.38. The summed E-state index contributed by atoms with van der Waals surface area (Å²) < 4.78 is 6.93. The lowest BCUT2D eigenvalue weighted by atomic mass is 10.1. The molecule has 0 saturated heterocycles. The van der Waals surface area contributed by atoms with Crippen molar-refractivity contribution in [3.63, 3.8) is 0 Å². The number of imidazole rings is 1. The number of benzene rings is 1. The van der Waals surface area contributed by atoms with E-state index in [1.165, 1.54) is 18.2 Å². The number of nitrogens with zero attached hydrogens (tertiary/aromatic N) is 2. The molecule has 19 heavy (non-hydrogen) atoms. The highest BCUT2D eigenvalue weighted by molar-refractivity contribution is 5.82. The van der Waals surface area contributed by atoms with Crippen LogP contribution in [0.2, 0.25) is 0 Å². The Morgan fingerprint density at radius 1 is 1.37 bits per heavy atom. The maximum atomic E-state index is 12.0. The maximum Gasteiger partial charge on any atom is 0.329 e. The molecule has 1 aromatic carbocycles. The van der Waals surface area contributed by atoms with Gasteiger partial charge in [0.1, 0.15) is 6.04 Å². The third kappa shape index (κ3) is 2.01. The number of rotatable bonds is 3. The molecule has 4 nitrogen and oxygen atoms in total. The second-order valence-electron chi connectivity index (χ2n) is 5.38. The van der Waals surface area contributed by atoms with Gasteiger partial charge in [0.15, 0.2) is 0 Å². The van der Waals surface area contributed by atoms with E-state index in [2.05, 4.69) is 31.0 Å². The SMILES string of the molecule is COC(=O)C(C1CC1)n1cnc2cc(C)c(C)cc21. The summed E-state index contributed by atoms with van der Waals surface area (Å²) in [5.41, 5.74) is 4.40. The van der Waals surface area contributed by atoms with E-state index in [0.29, 0.717) is 5.92 Å². The van der Waals surface area contributed by atoms with Gasteiger partial charge in [0.2, 0.25) is 0 Å². The number of methoxy groups -OCH3 is 1. The highest BCUT2D eigenvalue weighted by Crippen LogP contribution is 2.41. The Labute approximate surface area is 112 Å². The molecule has 1 heterocycles. The number of ether oxygens (including phenoxy) is 1. The van der Waals surface area contributed by atoms with E-state index in [-0.39, 0.29) is 12.0 Å². The molecule has 3 rings (SSSR count). The summed E-state index contributed by atoms with van der Waals surface area (Å²) in [4.78, 5) is 16.4. The van der Waals surface area contributed by atoms with Gasteiger partial charge in [-0.25, -0.2) is 9.78 Å². The van der Waals surface area contributed by atoms with E-state index < -0.39 is 0 Å². The van der Waals surface area contributed by atoms with Gasteiger partial charge < -0.3 is 9.30 Å². The first-order chi connectivity index (χ1) is 9.11. The first kappa shape index (κ1) is 12.2. The van der Waals surface area contributed by atoms with E-state index in [1.54, 1.807) is 6.33 Å². The number of aryl methyl sites for hydroxylation is 2. The molecule has 1 saturated carbocycles. The fourth-order valence-electron chi connectivity index (χ4n) is 2.57. The summed E-state index contributed by atoms with van der Waals surface area (Å²) in [6.45, 7) is 4.16. The van der Waals surface area contributed by atoms with Crippen molar-refractivity contribution in [2.24, 2.45) is 5.92 Å². The van der Waals surface area contributed by atoms with E-state index >= 15 is 0 Å². The lowest BCUT2D eigenvalue weighted by molar-refractivity contribution is -0.145. The molecule has 1 aromatic heterocycles. The Bertz CT molecular complexity index is 641. The van der Waals surface area contributed by atoms with Crippen molar-refractivity contribution in [1.29, 1.82) is 0 Å². The third-order valence-corrected chi connectivity index (χ3v) is 4.00. The minimum absolute atomic E-state index is 0.167. The molecule has 1 atom stereocenters. The topological polar surface area (TPSA) is 44.1 Å². The van der Waals surface area contributed by atoms with E-state index in [4.69, 9.17) is 4.74 Å². The van der Waals surface area contributed by atoms with Gasteiger partial charge in [-0.15, -0.1) is 0 Å². The molecule has 1 aliphatic carbocycles. The largest absolute Gasteiger partial charge is 0.467 e. The Morgan fingerprint density at radius 2 is 2.05 bits per heavy atom. The molecular formula is C15H18N2O2. The van der Waals surface area contributed by atoms with Gasteiger partial charge in [0.25, 0.3) is 0 Å². The van der Waals surface area contributed by atoms with E-state index in [0.717, 1.165) is 23.9 Å². The molecule has 0 radical (unpaired) electrons. The molecule has 1 aliphatic rings. The first-order valence-corrected chi connectivity index (χ1v) is 6.63. The summed E-state index contributed by atoms with van der Waals surface area (Å²) in [7, 11) is 1.45. The molecule has 0 bridgehead atoms. The third-order valence-electron chi connectivity index (χ3n) is 4.00. The van der Waals surface area contributed by atoms with Crippen LogP contribution in [0.1, 0.15) is 30.0 Å². The number of aromatic nitrogens is 2. The van der Waals surface area contributed by atoms with Crippen molar-refractivity contribution in [2.45, 2.75) is 32.7 Å². The Hall–Kier alpha value is -1.84. The standard InChI is InChI=1S/C15H18N2O2/c1-9-6-12-13(7-10(9)2)17(8-16-12)14(11-4-5-11)15(18)19-3/h6-8,11,14H,4-5H2,1-3H3. The van der Waals surface area contributed by atoms with Crippen LogP contribution in [-0.2, 0) is 9.53 Å². The van der Waals surface area contributed by atoms with Crippen LogP contribution in [0.5, 0.6) is 0 Å². The lowest BCUT2D eigenvalue weighted by Gasteiger charge is -2.16. The second kappa shape index (κ2) is 4.37. The van der Waals surface area contributed by atoms with Crippen molar-refractivity contribution in [3.8, 4) is 0 Å². The fourth-order valence-corrected chi connectivity index (χ4v) is 2.57. The molecule has 0 spiro atoms. The first-order valence-electron chi connectivity index (χ1n) is 6.63. The average molecular weight is 258 g/mol. The van der Waals surface area contributed by atoms with Crippen molar-refractivity contribution in [2.75, 3.05) is 7.11 Å². The van der Waals surface area contributed by atoms with Crippen LogP contribution in [-0.4, -0.2) is 22.6 Å². The zero-order chi connectivity index (χ0) is 13.6. The van der Waals surface area contributed by atoms with Crippen LogP contribution < -0.4 is 0 Å². The molecule has 1 fully saturated rings. The smallest absolute Gasteiger partial charge is 0.329 e. The molecular weight excluding hydrogens is 240 g/mol. The van der Waals surface area contributed by atoms with Gasteiger partial charge in [-0.3, -0.25) is 0 Å². The van der Waals surface area contributed by atoms with Crippen LogP contribution in [0, 0.1) is 19.8 Å². The lowest BCUT2D eigenvalue weighted by Crippen LogP contribution is -2.22. The van der Waals surface area contributed by atoms with Crippen molar-refractivity contribution in [1.82, 2.24) is 9.55 Å². The molecule has 4 heteroatoms. The predicted octanol–water partition coefficient (Wildman–Crippen LogP) is 2.78. The molecule has 2 aromatic rings. The van der Waals surface area contributed by atoms with Crippen molar-refractivity contribution >= 4 is 17.0 Å². The van der Waals surface area contributed by atoms with E-state index in [9.17, 15) is 4.79 Å². The van der Waals surface area contributed by atoms with Crippen LogP contribution in [0.4, 0.5) is 0 Å². The number of hydrogen-bond donors (Lipinski definition) is 0. The summed E-state index contributed by atoms with van der Waals surface area (Å²) in [5, 5.41) is 0. The van der Waals surface area contributed by atoms with Crippen LogP contribution in [0.15, 0.2) is 18.5 Å². The minimum Gasteiger partial charge on any atom is -0.467 e. The van der Waals surface area contributed by atoms with Gasteiger partial charge >= 0.3 is 5.97 Å². The van der Waals surface area contributed by atoms with E-state index in [1.807, 2.05) is 4.57 Å². The molecule has 1 unspecified atom stereocenters. The predicted molar refractivity (Wildman–Crippen MR) is 73.0 cm³/mol. The molecule has 0 amide bonds. The number of esters is 1. The fraction of sp³-hybridized carbons (Fsp3) is 0.467. The molecule has 100 valence electrons. The minimum atomic E-state index is -0.225. The number of carbonyl (C=O) groups excluding carboxylic acids is 1. The normalized spacial score (nSPS) is 16.6. The van der Waals surface area contributed by atoms with Gasteiger partial charge in [-0.05, 0) is 55.9 Å². The number of carbonyl (C=O) groups is 1. The van der Waals surface area contributed by atoms with Gasteiger partial charge in [0.05, 0.1) is 24.5 Å². The zero-order valence-corrected chi connectivity index (χ0v) is 11.5. The summed E-state index contributed by atoms with van der Waals surface area (Å²) in [5.74, 6) is 0.228. The molecule has 0 aliphatic heterocycles. The molecule has 0 N–H and O–H groups in total. The quantitative estimate of drug-likeness (QED) is 0.795. The zero-order valence-electron chi connectivity index (χ0n) is 11.5. The van der Waals surface area contributed by atoms with Crippen LogP contribution in [0.25, 0.3) is 11.0 Å². The average Bonchev–Trinajstić information content (AvgIpc) is 3.15. The Kier molecular flexibility index (Phi) is 2.81. The van der Waals surface area contributed by atoms with Crippen LogP contribution in [0.3, 0.4) is 0 Å². The summed E-state index contributed by atoms with van der Waals surface area (Å²) >= 11 is 0. The highest BCUT2D eigenvalue weighted by Gasteiger charge is 2.38. The Morgan fingerprint density at radius 3 is 2.68 bits per heavy atom. The van der Waals surface area contributed by atoms with Gasteiger partial charge in [0, 0.05) is 0 Å². The van der Waals surface area contributed by atoms with Crippen molar-refractivity contribution in [3.05, 3.63) is 29.6 Å². The summed E-state index contributed by atoms with van der Waals surface area (Å²) in [6, 6.07) is 3.95. The van der Waals surface area contributed by atoms with Crippen molar-refractivity contribution < 1.29 is 9.53 Å². The summed E-state index contributed by atoms with van der Waals surface area (Å²) in [6.07, 6.45) is 3.94. The number of fused-ring (bicyclic) bond motifs is 1. The highest BCUT2D eigenvalue weighted by atomic mass is 16.5.